The number of carbonyl (C=O) groups is 1. The molecule has 0 saturated carbocycles. The molecule has 1 atom stereocenters. The Bertz CT molecular complexity index is 185. The Balaban J connectivity index is 2.35. The lowest BCUT2D eigenvalue weighted by Gasteiger charge is -2.32. The fourth-order valence-electron chi connectivity index (χ4n) is 1.92. The number of likely N-dealkylation sites (tertiary alicyclic amines) is 1. The number of carbonyl (C=O) groups excluding carboxylic acids is 1. The van der Waals surface area contributed by atoms with Gasteiger partial charge in [-0.05, 0) is 24.5 Å². The van der Waals surface area contributed by atoms with Crippen LogP contribution in [-0.4, -0.2) is 43.4 Å². The van der Waals surface area contributed by atoms with Gasteiger partial charge in [0, 0.05) is 26.6 Å². The molecule has 1 heterocycles. The molecule has 0 bridgehead atoms. The molecule has 14 heavy (non-hydrogen) atoms. The first-order chi connectivity index (χ1) is 6.77. The van der Waals surface area contributed by atoms with Gasteiger partial charge < -0.3 is 9.64 Å². The maximum atomic E-state index is 11.6. The van der Waals surface area contributed by atoms with Crippen molar-refractivity contribution >= 4 is 18.5 Å². The third-order valence-electron chi connectivity index (χ3n) is 2.60. The second-order valence-corrected chi connectivity index (χ2v) is 4.22. The predicted octanol–water partition coefficient (Wildman–Crippen LogP) is 1.19. The number of amides is 1. The van der Waals surface area contributed by atoms with Crippen molar-refractivity contribution in [1.29, 1.82) is 0 Å². The monoisotopic (exact) mass is 217 g/mol. The van der Waals surface area contributed by atoms with Crippen LogP contribution >= 0.6 is 12.6 Å². The molecule has 4 heteroatoms. The molecule has 0 aromatic carbocycles. The van der Waals surface area contributed by atoms with Crippen LogP contribution in [0.4, 0.5) is 0 Å². The second-order valence-electron chi connectivity index (χ2n) is 3.78. The van der Waals surface area contributed by atoms with E-state index in [-0.39, 0.29) is 5.91 Å². The summed E-state index contributed by atoms with van der Waals surface area (Å²) >= 11 is 4.07. The van der Waals surface area contributed by atoms with Gasteiger partial charge in [0.15, 0.2) is 0 Å². The van der Waals surface area contributed by atoms with E-state index < -0.39 is 0 Å². The molecular weight excluding hydrogens is 198 g/mol. The second kappa shape index (κ2) is 6.30. The zero-order valence-corrected chi connectivity index (χ0v) is 9.63. The van der Waals surface area contributed by atoms with Gasteiger partial charge in [0.1, 0.15) is 0 Å². The van der Waals surface area contributed by atoms with Crippen LogP contribution in [0.2, 0.25) is 0 Å². The van der Waals surface area contributed by atoms with E-state index in [1.165, 1.54) is 6.42 Å². The van der Waals surface area contributed by atoms with Crippen LogP contribution in [0, 0.1) is 5.92 Å². The molecule has 1 fully saturated rings. The Hall–Kier alpha value is -0.220. The molecule has 0 aromatic rings. The fourth-order valence-corrected chi connectivity index (χ4v) is 2.11. The summed E-state index contributed by atoms with van der Waals surface area (Å²) in [5, 5.41) is 0. The zero-order chi connectivity index (χ0) is 10.4. The smallest absolute Gasteiger partial charge is 0.223 e. The van der Waals surface area contributed by atoms with Gasteiger partial charge in [0.25, 0.3) is 0 Å². The van der Waals surface area contributed by atoms with E-state index in [2.05, 4.69) is 12.6 Å². The Kier molecular flexibility index (Phi) is 5.33. The van der Waals surface area contributed by atoms with E-state index in [9.17, 15) is 4.79 Å². The van der Waals surface area contributed by atoms with E-state index in [1.54, 1.807) is 7.11 Å². The summed E-state index contributed by atoms with van der Waals surface area (Å²) in [5.41, 5.74) is 0. The highest BCUT2D eigenvalue weighted by Gasteiger charge is 2.22. The van der Waals surface area contributed by atoms with Crippen LogP contribution in [0.3, 0.4) is 0 Å². The van der Waals surface area contributed by atoms with Crippen molar-refractivity contribution in [2.75, 3.05) is 32.6 Å². The van der Waals surface area contributed by atoms with E-state index in [1.807, 2.05) is 4.90 Å². The topological polar surface area (TPSA) is 29.5 Å². The van der Waals surface area contributed by atoms with E-state index >= 15 is 0 Å². The summed E-state index contributed by atoms with van der Waals surface area (Å²) in [7, 11) is 1.72. The van der Waals surface area contributed by atoms with Gasteiger partial charge in [0.05, 0.1) is 6.61 Å². The summed E-state index contributed by atoms with van der Waals surface area (Å²) in [6, 6.07) is 0. The van der Waals surface area contributed by atoms with Crippen LogP contribution < -0.4 is 0 Å². The predicted molar refractivity (Wildman–Crippen MR) is 59.7 cm³/mol. The van der Waals surface area contributed by atoms with Gasteiger partial charge in [0.2, 0.25) is 5.91 Å². The normalized spacial score (nSPS) is 22.4. The molecule has 1 rings (SSSR count). The van der Waals surface area contributed by atoms with Gasteiger partial charge in [-0.3, -0.25) is 4.79 Å². The van der Waals surface area contributed by atoms with E-state index in [0.29, 0.717) is 18.1 Å². The number of piperidine rings is 1. The molecular formula is C10H19NO2S. The molecule has 1 saturated heterocycles. The Labute approximate surface area is 91.2 Å². The molecule has 3 nitrogen and oxygen atoms in total. The summed E-state index contributed by atoms with van der Waals surface area (Å²) in [4.78, 5) is 13.5. The maximum absolute atomic E-state index is 11.6. The average Bonchev–Trinajstić information content (AvgIpc) is 2.19. The van der Waals surface area contributed by atoms with Crippen molar-refractivity contribution in [1.82, 2.24) is 4.90 Å². The highest BCUT2D eigenvalue weighted by Crippen LogP contribution is 2.17. The first-order valence-corrected chi connectivity index (χ1v) is 5.78. The SMILES string of the molecule is COCC1CCCN(C(=O)CCS)C1. The molecule has 82 valence electrons. The highest BCUT2D eigenvalue weighted by molar-refractivity contribution is 7.80. The third kappa shape index (κ3) is 3.50. The largest absolute Gasteiger partial charge is 0.384 e. The number of hydrogen-bond donors (Lipinski definition) is 1. The minimum absolute atomic E-state index is 0.237. The Morgan fingerprint density at radius 2 is 2.43 bits per heavy atom. The van der Waals surface area contributed by atoms with Gasteiger partial charge in [-0.1, -0.05) is 0 Å². The van der Waals surface area contributed by atoms with Crippen molar-refractivity contribution in [2.45, 2.75) is 19.3 Å². The minimum atomic E-state index is 0.237. The lowest BCUT2D eigenvalue weighted by molar-refractivity contribution is -0.132. The van der Waals surface area contributed by atoms with Crippen LogP contribution in [0.25, 0.3) is 0 Å². The zero-order valence-electron chi connectivity index (χ0n) is 8.74. The summed E-state index contributed by atoms with van der Waals surface area (Å²) in [6.45, 7) is 2.54. The Morgan fingerprint density at radius 3 is 3.07 bits per heavy atom. The van der Waals surface area contributed by atoms with Crippen LogP contribution in [-0.2, 0) is 9.53 Å². The maximum Gasteiger partial charge on any atom is 0.223 e. The number of methoxy groups -OCH3 is 1. The summed E-state index contributed by atoms with van der Waals surface area (Å²) in [6.07, 6.45) is 2.84. The quantitative estimate of drug-likeness (QED) is 0.717. The van der Waals surface area contributed by atoms with Gasteiger partial charge in [-0.2, -0.15) is 12.6 Å². The lowest BCUT2D eigenvalue weighted by atomic mass is 9.99. The summed E-state index contributed by atoms with van der Waals surface area (Å²) < 4.78 is 5.12. The van der Waals surface area contributed by atoms with Crippen LogP contribution in [0.15, 0.2) is 0 Å². The van der Waals surface area contributed by atoms with Gasteiger partial charge in [-0.15, -0.1) is 0 Å². The standard InChI is InChI=1S/C10H19NO2S/c1-13-8-9-3-2-5-11(7-9)10(12)4-6-14/h9,14H,2-8H2,1H3. The molecule has 0 radical (unpaired) electrons. The molecule has 1 amide bonds. The number of thiol groups is 1. The molecule has 0 aromatic heterocycles. The number of hydrogen-bond acceptors (Lipinski definition) is 3. The average molecular weight is 217 g/mol. The van der Waals surface area contributed by atoms with Crippen LogP contribution in [0.1, 0.15) is 19.3 Å². The van der Waals surface area contributed by atoms with E-state index in [4.69, 9.17) is 4.74 Å². The first kappa shape index (κ1) is 11.9. The van der Waals surface area contributed by atoms with E-state index in [0.717, 1.165) is 26.1 Å². The van der Waals surface area contributed by atoms with Gasteiger partial charge in [-0.25, -0.2) is 0 Å². The van der Waals surface area contributed by atoms with Crippen molar-refractivity contribution in [3.63, 3.8) is 0 Å². The number of rotatable bonds is 4. The number of ether oxygens (including phenoxy) is 1. The molecule has 0 N–H and O–H groups in total. The number of nitrogens with zero attached hydrogens (tertiary/aromatic N) is 1. The minimum Gasteiger partial charge on any atom is -0.384 e. The molecule has 1 unspecified atom stereocenters. The van der Waals surface area contributed by atoms with Crippen LogP contribution in [0.5, 0.6) is 0 Å². The molecule has 1 aliphatic rings. The highest BCUT2D eigenvalue weighted by atomic mass is 32.1. The van der Waals surface area contributed by atoms with Crippen molar-refractivity contribution in [3.05, 3.63) is 0 Å². The van der Waals surface area contributed by atoms with Crippen molar-refractivity contribution in [3.8, 4) is 0 Å². The summed E-state index contributed by atoms with van der Waals surface area (Å²) in [5.74, 6) is 1.41. The molecule has 0 spiro atoms. The fraction of sp³-hybridized carbons (Fsp3) is 0.900. The van der Waals surface area contributed by atoms with Crippen molar-refractivity contribution < 1.29 is 9.53 Å². The molecule has 0 aliphatic carbocycles. The molecule has 1 aliphatic heterocycles. The first-order valence-electron chi connectivity index (χ1n) is 5.15. The van der Waals surface area contributed by atoms with Crippen molar-refractivity contribution in [2.24, 2.45) is 5.92 Å². The Morgan fingerprint density at radius 1 is 1.64 bits per heavy atom. The van der Waals surface area contributed by atoms with Gasteiger partial charge >= 0.3 is 0 Å². The third-order valence-corrected chi connectivity index (χ3v) is 2.82. The lowest BCUT2D eigenvalue weighted by Crippen LogP contribution is -2.41.